The van der Waals surface area contributed by atoms with Gasteiger partial charge in [0.2, 0.25) is 0 Å². The molecule has 0 aliphatic carbocycles. The number of rotatable bonds is 4. The molecule has 0 radical (unpaired) electrons. The van der Waals surface area contributed by atoms with Gasteiger partial charge in [-0.3, -0.25) is 14.6 Å². The molecular weight excluding hydrogens is 385 g/mol. The molecule has 2 heterocycles. The van der Waals surface area contributed by atoms with Gasteiger partial charge in [0, 0.05) is 0 Å². The Morgan fingerprint density at radius 3 is 2.07 bits per heavy atom. The van der Waals surface area contributed by atoms with Crippen molar-refractivity contribution in [3.63, 3.8) is 0 Å². The average Bonchev–Trinajstić information content (AvgIpc) is 2.75. The quantitative estimate of drug-likeness (QED) is 0.548. The van der Waals surface area contributed by atoms with Crippen LogP contribution in [0.4, 0.5) is 4.39 Å². The smallest absolute Gasteiger partial charge is 0.272 e. The Kier molecular flexibility index (Phi) is 5.34. The van der Waals surface area contributed by atoms with Crippen molar-refractivity contribution in [2.24, 2.45) is 0 Å². The first-order valence-electron chi connectivity index (χ1n) is 9.07. The summed E-state index contributed by atoms with van der Waals surface area (Å²) in [6, 6.07) is 18.2. The van der Waals surface area contributed by atoms with Gasteiger partial charge >= 0.3 is 0 Å². The van der Waals surface area contributed by atoms with Gasteiger partial charge in [0.15, 0.2) is 0 Å². The van der Waals surface area contributed by atoms with Gasteiger partial charge in [0.05, 0.1) is 11.9 Å². The summed E-state index contributed by atoms with van der Waals surface area (Å²) in [5, 5.41) is 0.142. The van der Waals surface area contributed by atoms with Crippen molar-refractivity contribution in [3.8, 4) is 11.5 Å². The van der Waals surface area contributed by atoms with E-state index in [0.29, 0.717) is 22.8 Å². The molecule has 2 aromatic carbocycles. The summed E-state index contributed by atoms with van der Waals surface area (Å²) >= 11 is 0. The molecule has 0 atom stereocenters. The molecule has 2 aromatic heterocycles. The van der Waals surface area contributed by atoms with E-state index in [-0.39, 0.29) is 16.5 Å². The number of aromatic amines is 2. The Bertz CT molecular complexity index is 1390. The van der Waals surface area contributed by atoms with Crippen molar-refractivity contribution >= 4 is 12.2 Å². The molecule has 0 unspecified atom stereocenters. The molecule has 0 fully saturated rings. The summed E-state index contributed by atoms with van der Waals surface area (Å²) in [6.45, 7) is 0. The predicted octanol–water partition coefficient (Wildman–Crippen LogP) is 2.05. The fourth-order valence-electron chi connectivity index (χ4n) is 2.73. The van der Waals surface area contributed by atoms with Crippen LogP contribution in [-0.4, -0.2) is 15.0 Å². The predicted molar refractivity (Wildman–Crippen MR) is 111 cm³/mol. The monoisotopic (exact) mass is 401 g/mol. The molecule has 2 N–H and O–H groups in total. The number of benzene rings is 2. The lowest BCUT2D eigenvalue weighted by Crippen LogP contribution is -2.46. The van der Waals surface area contributed by atoms with E-state index in [1.807, 2.05) is 30.3 Å². The molecule has 0 bridgehead atoms. The first kappa shape index (κ1) is 19.1. The summed E-state index contributed by atoms with van der Waals surface area (Å²) in [5.41, 5.74) is 0.111. The minimum Gasteiger partial charge on any atom is -0.456 e. The fourth-order valence-corrected chi connectivity index (χ4v) is 2.73. The highest BCUT2D eigenvalue weighted by Crippen LogP contribution is 2.19. The largest absolute Gasteiger partial charge is 0.456 e. The number of para-hydroxylation sites is 1. The van der Waals surface area contributed by atoms with Crippen LogP contribution in [0.2, 0.25) is 0 Å². The fraction of sp³-hybridized carbons (Fsp3) is 0. The minimum absolute atomic E-state index is 0.0699. The molecule has 30 heavy (non-hydrogen) atoms. The minimum atomic E-state index is -0.478. The second-order valence-corrected chi connectivity index (χ2v) is 6.41. The maximum atomic E-state index is 13.0. The van der Waals surface area contributed by atoms with E-state index in [1.54, 1.807) is 12.1 Å². The van der Waals surface area contributed by atoms with Crippen LogP contribution in [0.15, 0.2) is 82.5 Å². The van der Waals surface area contributed by atoms with Crippen LogP contribution in [0.5, 0.6) is 11.5 Å². The second-order valence-electron chi connectivity index (χ2n) is 6.41. The molecule has 7 heteroatoms. The SMILES string of the molecule is O=c1[nH]/c(=C/c2ccc(Oc3ccccc3)cn2)c(=O)[nH]/c1=C/c1ccc(F)cc1. The van der Waals surface area contributed by atoms with E-state index < -0.39 is 11.1 Å². The molecule has 148 valence electrons. The van der Waals surface area contributed by atoms with Gasteiger partial charge in [-0.1, -0.05) is 30.3 Å². The second kappa shape index (κ2) is 8.40. The topological polar surface area (TPSA) is 87.8 Å². The van der Waals surface area contributed by atoms with Crippen LogP contribution in [0.25, 0.3) is 12.2 Å². The van der Waals surface area contributed by atoms with Gasteiger partial charge in [-0.05, 0) is 54.1 Å². The normalized spacial score (nSPS) is 12.2. The lowest BCUT2D eigenvalue weighted by atomic mass is 10.2. The molecule has 0 aliphatic heterocycles. The van der Waals surface area contributed by atoms with E-state index in [2.05, 4.69) is 15.0 Å². The van der Waals surface area contributed by atoms with Crippen LogP contribution in [-0.2, 0) is 0 Å². The summed E-state index contributed by atoms with van der Waals surface area (Å²) in [6.07, 6.45) is 4.47. The Morgan fingerprint density at radius 2 is 1.43 bits per heavy atom. The summed E-state index contributed by atoms with van der Waals surface area (Å²) in [7, 11) is 0. The first-order valence-corrected chi connectivity index (χ1v) is 9.07. The average molecular weight is 401 g/mol. The Labute approximate surface area is 169 Å². The van der Waals surface area contributed by atoms with Crippen molar-refractivity contribution in [3.05, 3.63) is 121 Å². The molecular formula is C23H16FN3O3. The zero-order chi connectivity index (χ0) is 20.9. The molecule has 0 spiro atoms. The van der Waals surface area contributed by atoms with E-state index in [0.717, 1.165) is 0 Å². The summed E-state index contributed by atoms with van der Waals surface area (Å²) in [5.74, 6) is 0.849. The van der Waals surface area contributed by atoms with Gasteiger partial charge in [-0.15, -0.1) is 0 Å². The van der Waals surface area contributed by atoms with Crippen LogP contribution in [0.3, 0.4) is 0 Å². The van der Waals surface area contributed by atoms with Crippen LogP contribution in [0, 0.1) is 5.82 Å². The van der Waals surface area contributed by atoms with Crippen molar-refractivity contribution in [2.45, 2.75) is 0 Å². The van der Waals surface area contributed by atoms with Crippen molar-refractivity contribution in [2.75, 3.05) is 0 Å². The number of aromatic nitrogens is 3. The standard InChI is InChI=1S/C23H16FN3O3/c24-16-8-6-15(7-9-16)12-20-22(28)27-21(23(29)26-20)13-17-10-11-19(14-25-17)30-18-4-2-1-3-5-18/h1-14H,(H,26,29)(H,27,28)/b20-12+,21-13+. The van der Waals surface area contributed by atoms with Gasteiger partial charge < -0.3 is 14.7 Å². The number of ether oxygens (including phenoxy) is 1. The molecule has 0 saturated heterocycles. The first-order chi connectivity index (χ1) is 14.6. The maximum Gasteiger partial charge on any atom is 0.272 e. The summed E-state index contributed by atoms with van der Waals surface area (Å²) in [4.78, 5) is 34.0. The molecule has 6 nitrogen and oxygen atoms in total. The number of pyridine rings is 1. The van der Waals surface area contributed by atoms with Crippen LogP contribution < -0.4 is 26.6 Å². The van der Waals surface area contributed by atoms with E-state index in [9.17, 15) is 14.0 Å². The third-order valence-corrected chi connectivity index (χ3v) is 4.20. The number of H-pyrrole nitrogens is 2. The third-order valence-electron chi connectivity index (χ3n) is 4.20. The molecule has 0 amide bonds. The Balaban J connectivity index is 1.62. The zero-order valence-electron chi connectivity index (χ0n) is 15.6. The van der Waals surface area contributed by atoms with Gasteiger partial charge in [-0.25, -0.2) is 4.39 Å². The lowest BCUT2D eigenvalue weighted by molar-refractivity contribution is 0.480. The number of hydrogen-bond donors (Lipinski definition) is 2. The number of halogens is 1. The number of nitrogens with zero attached hydrogens (tertiary/aromatic N) is 1. The molecule has 0 aliphatic rings. The van der Waals surface area contributed by atoms with Gasteiger partial charge in [0.1, 0.15) is 28.0 Å². The highest BCUT2D eigenvalue weighted by atomic mass is 19.1. The van der Waals surface area contributed by atoms with Crippen LogP contribution >= 0.6 is 0 Å². The Hall–Kier alpha value is -4.26. The van der Waals surface area contributed by atoms with E-state index >= 15 is 0 Å². The van der Waals surface area contributed by atoms with Gasteiger partial charge in [-0.2, -0.15) is 0 Å². The lowest BCUT2D eigenvalue weighted by Gasteiger charge is -2.04. The highest BCUT2D eigenvalue weighted by Gasteiger charge is 2.00. The van der Waals surface area contributed by atoms with Gasteiger partial charge in [0.25, 0.3) is 11.1 Å². The van der Waals surface area contributed by atoms with Crippen molar-refractivity contribution < 1.29 is 9.13 Å². The highest BCUT2D eigenvalue weighted by molar-refractivity contribution is 5.48. The zero-order valence-corrected chi connectivity index (χ0v) is 15.6. The maximum absolute atomic E-state index is 13.0. The molecule has 4 aromatic rings. The molecule has 4 rings (SSSR count). The van der Waals surface area contributed by atoms with Crippen molar-refractivity contribution in [1.29, 1.82) is 0 Å². The Morgan fingerprint density at radius 1 is 0.767 bits per heavy atom. The number of nitrogens with one attached hydrogen (secondary N) is 2. The number of hydrogen-bond acceptors (Lipinski definition) is 4. The molecule has 0 saturated carbocycles. The summed E-state index contributed by atoms with van der Waals surface area (Å²) < 4.78 is 18.7. The van der Waals surface area contributed by atoms with Crippen molar-refractivity contribution in [1.82, 2.24) is 15.0 Å². The van der Waals surface area contributed by atoms with E-state index in [1.165, 1.54) is 42.6 Å². The third kappa shape index (κ3) is 4.59. The van der Waals surface area contributed by atoms with E-state index in [4.69, 9.17) is 4.74 Å². The van der Waals surface area contributed by atoms with Crippen LogP contribution in [0.1, 0.15) is 11.3 Å².